The third-order valence-electron chi connectivity index (χ3n) is 1.63. The van der Waals surface area contributed by atoms with Crippen molar-refractivity contribution < 1.29 is 0 Å². The molecule has 0 fully saturated rings. The number of nitrogens with zero attached hydrogens (tertiary/aromatic N) is 1. The van der Waals surface area contributed by atoms with Crippen LogP contribution in [-0.2, 0) is 0 Å². The Labute approximate surface area is 75.1 Å². The van der Waals surface area contributed by atoms with E-state index in [-0.39, 0.29) is 0 Å². The van der Waals surface area contributed by atoms with Crippen molar-refractivity contribution in [3.05, 3.63) is 35.5 Å². The van der Waals surface area contributed by atoms with Gasteiger partial charge in [0.05, 0.1) is 5.52 Å². The van der Waals surface area contributed by atoms with Crippen LogP contribution in [0.3, 0.4) is 0 Å². The van der Waals surface area contributed by atoms with Crippen LogP contribution in [0.2, 0.25) is 5.02 Å². The Morgan fingerprint density at radius 1 is 1.27 bits per heavy atom. The van der Waals surface area contributed by atoms with E-state index in [2.05, 4.69) is 12.8 Å². The number of thiol groups is 1. The molecule has 0 radical (unpaired) electrons. The van der Waals surface area contributed by atoms with Gasteiger partial charge >= 0.3 is 0 Å². The molecule has 11 heavy (non-hydrogen) atoms. The van der Waals surface area contributed by atoms with E-state index in [1.165, 1.54) is 0 Å². The molecular formula is C8H6ClNS. The third-order valence-corrected chi connectivity index (χ3v) is 2.22. The van der Waals surface area contributed by atoms with E-state index in [9.17, 15) is 0 Å². The molecule has 0 unspecified atom stereocenters. The van der Waals surface area contributed by atoms with Crippen molar-refractivity contribution in [2.45, 2.75) is 0 Å². The first-order valence-electron chi connectivity index (χ1n) is 3.23. The van der Waals surface area contributed by atoms with Crippen LogP contribution in [0.1, 0.15) is 0 Å². The molecule has 1 nitrogen and oxygen atoms in total. The summed E-state index contributed by atoms with van der Waals surface area (Å²) in [5, 5.41) is 1.90. The Kier molecular flexibility index (Phi) is 1.59. The fraction of sp³-hybridized carbons (Fsp3) is 0. The Balaban J connectivity index is 2.87. The Morgan fingerprint density at radius 2 is 2.09 bits per heavy atom. The maximum absolute atomic E-state index is 5.80. The molecule has 2 aromatic rings. The average Bonchev–Trinajstić information content (AvgIpc) is 2.33. The second-order valence-corrected chi connectivity index (χ2v) is 3.23. The number of fused-ring (bicyclic) bond motifs is 1. The largest absolute Gasteiger partial charge is 0.294 e. The third kappa shape index (κ3) is 1.12. The molecule has 0 bridgehead atoms. The number of halogens is 1. The van der Waals surface area contributed by atoms with Gasteiger partial charge in [0.2, 0.25) is 0 Å². The standard InChI is InChI=1S/C8H6ClNS/c9-7-2-1-6-3-4-10(11)8(6)5-7/h1-5,11H. The lowest BCUT2D eigenvalue weighted by atomic mass is 10.2. The lowest BCUT2D eigenvalue weighted by Crippen LogP contribution is -1.74. The molecule has 1 aromatic heterocycles. The molecule has 0 saturated carbocycles. The summed E-state index contributed by atoms with van der Waals surface area (Å²) in [6.07, 6.45) is 1.89. The van der Waals surface area contributed by atoms with Crippen molar-refractivity contribution >= 4 is 35.3 Å². The minimum atomic E-state index is 0.742. The normalized spacial score (nSPS) is 10.7. The highest BCUT2D eigenvalue weighted by Crippen LogP contribution is 2.20. The van der Waals surface area contributed by atoms with Crippen LogP contribution in [0, 0.1) is 0 Å². The van der Waals surface area contributed by atoms with Gasteiger partial charge in [0.1, 0.15) is 0 Å². The summed E-state index contributed by atoms with van der Waals surface area (Å²) in [5.74, 6) is 0. The summed E-state index contributed by atoms with van der Waals surface area (Å²) in [6, 6.07) is 7.74. The molecule has 0 saturated heterocycles. The van der Waals surface area contributed by atoms with E-state index < -0.39 is 0 Å². The second-order valence-electron chi connectivity index (χ2n) is 2.36. The first-order chi connectivity index (χ1) is 5.27. The summed E-state index contributed by atoms with van der Waals surface area (Å²) in [4.78, 5) is 0. The van der Waals surface area contributed by atoms with Gasteiger partial charge in [-0.15, -0.1) is 0 Å². The molecule has 0 spiro atoms. The molecule has 1 aromatic carbocycles. The molecule has 0 amide bonds. The quantitative estimate of drug-likeness (QED) is 0.600. The predicted molar refractivity (Wildman–Crippen MR) is 51.3 cm³/mol. The fourth-order valence-corrected chi connectivity index (χ4v) is 1.49. The van der Waals surface area contributed by atoms with Gasteiger partial charge in [0.15, 0.2) is 0 Å². The minimum Gasteiger partial charge on any atom is -0.294 e. The lowest BCUT2D eigenvalue weighted by Gasteiger charge is -1.94. The molecule has 56 valence electrons. The molecule has 3 heteroatoms. The van der Waals surface area contributed by atoms with E-state index in [4.69, 9.17) is 11.6 Å². The number of aromatic nitrogens is 1. The van der Waals surface area contributed by atoms with Crippen molar-refractivity contribution in [2.75, 3.05) is 0 Å². The van der Waals surface area contributed by atoms with Crippen LogP contribution >= 0.6 is 24.4 Å². The summed E-state index contributed by atoms with van der Waals surface area (Å²) in [6.45, 7) is 0. The highest BCUT2D eigenvalue weighted by atomic mass is 35.5. The van der Waals surface area contributed by atoms with E-state index in [0.29, 0.717) is 0 Å². The van der Waals surface area contributed by atoms with Crippen molar-refractivity contribution in [1.82, 2.24) is 3.97 Å². The smallest absolute Gasteiger partial charge is 0.0603 e. The zero-order valence-electron chi connectivity index (χ0n) is 5.66. The van der Waals surface area contributed by atoms with Crippen molar-refractivity contribution in [3.63, 3.8) is 0 Å². The van der Waals surface area contributed by atoms with Gasteiger partial charge in [-0.3, -0.25) is 3.97 Å². The molecular weight excluding hydrogens is 178 g/mol. The maximum Gasteiger partial charge on any atom is 0.0603 e. The van der Waals surface area contributed by atoms with Gasteiger partial charge < -0.3 is 0 Å². The van der Waals surface area contributed by atoms with E-state index >= 15 is 0 Å². The maximum atomic E-state index is 5.80. The van der Waals surface area contributed by atoms with Crippen LogP contribution < -0.4 is 0 Å². The number of benzene rings is 1. The zero-order valence-corrected chi connectivity index (χ0v) is 7.31. The molecule has 0 aliphatic rings. The summed E-state index contributed by atoms with van der Waals surface area (Å²) < 4.78 is 1.75. The number of hydrogen-bond donors (Lipinski definition) is 1. The fourth-order valence-electron chi connectivity index (χ4n) is 1.09. The topological polar surface area (TPSA) is 4.93 Å². The first-order valence-corrected chi connectivity index (χ1v) is 4.01. The highest BCUT2D eigenvalue weighted by Gasteiger charge is 1.97. The molecule has 2 rings (SSSR count). The van der Waals surface area contributed by atoms with Gasteiger partial charge in [0.25, 0.3) is 0 Å². The second kappa shape index (κ2) is 2.47. The van der Waals surface area contributed by atoms with Gasteiger partial charge in [-0.2, -0.15) is 0 Å². The van der Waals surface area contributed by atoms with Gasteiger partial charge in [-0.25, -0.2) is 0 Å². The molecule has 0 N–H and O–H groups in total. The average molecular weight is 184 g/mol. The zero-order chi connectivity index (χ0) is 7.84. The summed E-state index contributed by atoms with van der Waals surface area (Å²) >= 11 is 10.0. The predicted octanol–water partition coefficient (Wildman–Crippen LogP) is 2.99. The SMILES string of the molecule is Sn1ccc2ccc(Cl)cc21. The first kappa shape index (κ1) is 7.07. The van der Waals surface area contributed by atoms with Crippen LogP contribution in [0.4, 0.5) is 0 Å². The van der Waals surface area contributed by atoms with Gasteiger partial charge in [0, 0.05) is 16.6 Å². The van der Waals surface area contributed by atoms with E-state index in [0.717, 1.165) is 15.9 Å². The van der Waals surface area contributed by atoms with Crippen molar-refractivity contribution in [1.29, 1.82) is 0 Å². The van der Waals surface area contributed by atoms with Crippen molar-refractivity contribution in [3.8, 4) is 0 Å². The molecule has 0 aliphatic heterocycles. The molecule has 0 atom stereocenters. The van der Waals surface area contributed by atoms with Crippen LogP contribution in [-0.4, -0.2) is 3.97 Å². The number of rotatable bonds is 0. The Hall–Kier alpha value is -0.600. The Morgan fingerprint density at radius 3 is 2.91 bits per heavy atom. The lowest BCUT2D eigenvalue weighted by molar-refractivity contribution is 1.37. The van der Waals surface area contributed by atoms with E-state index in [1.54, 1.807) is 3.97 Å². The van der Waals surface area contributed by atoms with Crippen LogP contribution in [0.15, 0.2) is 30.5 Å². The summed E-state index contributed by atoms with van der Waals surface area (Å²) in [7, 11) is 0. The van der Waals surface area contributed by atoms with Crippen LogP contribution in [0.25, 0.3) is 10.9 Å². The van der Waals surface area contributed by atoms with Crippen molar-refractivity contribution in [2.24, 2.45) is 0 Å². The van der Waals surface area contributed by atoms with Crippen LogP contribution in [0.5, 0.6) is 0 Å². The Bertz CT molecular complexity index is 394. The highest BCUT2D eigenvalue weighted by molar-refractivity contribution is 7.78. The monoisotopic (exact) mass is 183 g/mol. The van der Waals surface area contributed by atoms with E-state index in [1.807, 2.05) is 30.5 Å². The minimum absolute atomic E-state index is 0.742. The molecule has 0 aliphatic carbocycles. The van der Waals surface area contributed by atoms with Gasteiger partial charge in [-0.1, -0.05) is 30.5 Å². The summed E-state index contributed by atoms with van der Waals surface area (Å²) in [5.41, 5.74) is 1.04. The molecule has 1 heterocycles. The van der Waals surface area contributed by atoms with Gasteiger partial charge in [-0.05, 0) is 18.2 Å². The number of hydrogen-bond acceptors (Lipinski definition) is 1.